The molecule has 10 nitrogen and oxygen atoms in total. The lowest BCUT2D eigenvalue weighted by Crippen LogP contribution is -2.56. The van der Waals surface area contributed by atoms with Gasteiger partial charge in [-0.05, 0) is 0 Å². The largest absolute Gasteiger partial charge is 0.394 e. The third-order valence-electron chi connectivity index (χ3n) is 3.86. The highest BCUT2D eigenvalue weighted by Gasteiger charge is 2.43. The van der Waals surface area contributed by atoms with Gasteiger partial charge in [0.2, 0.25) is 0 Å². The monoisotopic (exact) mass is 325 g/mol. The van der Waals surface area contributed by atoms with E-state index in [1.807, 2.05) is 0 Å². The molecule has 2 heterocycles. The summed E-state index contributed by atoms with van der Waals surface area (Å²) < 4.78 is 16.2. The maximum absolute atomic E-state index is 10.1. The van der Waals surface area contributed by atoms with E-state index in [4.69, 9.17) is 25.2 Å². The molecule has 0 spiro atoms. The summed E-state index contributed by atoms with van der Waals surface area (Å²) in [7, 11) is 0. The Kier molecular flexibility index (Phi) is 6.46. The number of aliphatic hydroxyl groups is 5. The van der Waals surface area contributed by atoms with E-state index < -0.39 is 62.4 Å². The van der Waals surface area contributed by atoms with Crippen molar-refractivity contribution in [3.05, 3.63) is 0 Å². The third kappa shape index (κ3) is 3.92. The molecule has 10 heteroatoms. The Labute approximate surface area is 126 Å². The van der Waals surface area contributed by atoms with Gasteiger partial charge in [0, 0.05) is 12.8 Å². The van der Waals surface area contributed by atoms with Gasteiger partial charge in [0.25, 0.3) is 0 Å². The van der Waals surface area contributed by atoms with E-state index in [0.717, 1.165) is 0 Å². The van der Waals surface area contributed by atoms with Gasteiger partial charge in [0.05, 0.1) is 25.4 Å². The zero-order chi connectivity index (χ0) is 16.3. The topological polar surface area (TPSA) is 164 Å². The van der Waals surface area contributed by atoms with Gasteiger partial charge in [-0.2, -0.15) is 0 Å². The average Bonchev–Trinajstić information content (AvgIpc) is 2.52. The number of aliphatic hydroxyl groups excluding tert-OH is 5. The Morgan fingerprint density at radius 1 is 0.909 bits per heavy atom. The fourth-order valence-corrected chi connectivity index (χ4v) is 2.65. The highest BCUT2D eigenvalue weighted by molar-refractivity contribution is 4.87. The van der Waals surface area contributed by atoms with E-state index in [1.54, 1.807) is 0 Å². The van der Waals surface area contributed by atoms with Crippen LogP contribution < -0.4 is 5.90 Å². The second-order valence-corrected chi connectivity index (χ2v) is 5.41. The van der Waals surface area contributed by atoms with Crippen LogP contribution in [0.2, 0.25) is 0 Å². The van der Waals surface area contributed by atoms with Crippen LogP contribution in [0.5, 0.6) is 0 Å². The number of hydrogen-bond acceptors (Lipinski definition) is 10. The minimum atomic E-state index is -1.22. The van der Waals surface area contributed by atoms with Gasteiger partial charge >= 0.3 is 0 Å². The lowest BCUT2D eigenvalue weighted by Gasteiger charge is -2.42. The molecule has 0 aromatic carbocycles. The van der Waals surface area contributed by atoms with Gasteiger partial charge < -0.3 is 39.7 Å². The average molecular weight is 325 g/mol. The molecule has 2 aliphatic rings. The van der Waals surface area contributed by atoms with Gasteiger partial charge in [-0.1, -0.05) is 0 Å². The highest BCUT2D eigenvalue weighted by atomic mass is 16.8. The first-order chi connectivity index (χ1) is 10.5. The van der Waals surface area contributed by atoms with Crippen molar-refractivity contribution in [1.82, 2.24) is 0 Å². The molecule has 5 unspecified atom stereocenters. The van der Waals surface area contributed by atoms with Gasteiger partial charge in [-0.3, -0.25) is 4.84 Å². The van der Waals surface area contributed by atoms with Crippen LogP contribution in [0.1, 0.15) is 12.8 Å². The normalized spacial score (nSPS) is 46.6. The van der Waals surface area contributed by atoms with Crippen molar-refractivity contribution in [1.29, 1.82) is 0 Å². The fourth-order valence-electron chi connectivity index (χ4n) is 2.65. The molecule has 0 aromatic heterocycles. The van der Waals surface area contributed by atoms with Crippen molar-refractivity contribution in [2.75, 3.05) is 13.2 Å². The van der Waals surface area contributed by atoms with E-state index in [2.05, 4.69) is 4.84 Å². The quantitative estimate of drug-likeness (QED) is 0.280. The van der Waals surface area contributed by atoms with Crippen LogP contribution in [0.25, 0.3) is 0 Å². The Balaban J connectivity index is 1.99. The number of rotatable bonds is 5. The van der Waals surface area contributed by atoms with Gasteiger partial charge in [-0.25, -0.2) is 5.90 Å². The summed E-state index contributed by atoms with van der Waals surface area (Å²) in [5.74, 6) is 5.01. The second kappa shape index (κ2) is 7.93. The summed E-state index contributed by atoms with van der Waals surface area (Å²) in [5, 5.41) is 47.9. The summed E-state index contributed by atoms with van der Waals surface area (Å²) in [6.45, 7) is -0.933. The minimum Gasteiger partial charge on any atom is -0.394 e. The summed E-state index contributed by atoms with van der Waals surface area (Å²) in [5.41, 5.74) is 0. The summed E-state index contributed by atoms with van der Waals surface area (Å²) in [6, 6.07) is 0. The van der Waals surface area contributed by atoms with Crippen molar-refractivity contribution in [3.63, 3.8) is 0 Å². The van der Waals surface area contributed by atoms with Crippen molar-refractivity contribution in [2.45, 2.75) is 62.0 Å². The van der Waals surface area contributed by atoms with Crippen molar-refractivity contribution < 1.29 is 44.6 Å². The SMILES string of the molecule is NO[C@@H]1CC(O)[C@H](O[C@@H]2CC(O)C(O)C(CO)O2)C(CO)O1. The first-order valence-electron chi connectivity index (χ1n) is 7.08. The first-order valence-corrected chi connectivity index (χ1v) is 7.08. The molecule has 0 radical (unpaired) electrons. The van der Waals surface area contributed by atoms with E-state index in [0.29, 0.717) is 0 Å². The van der Waals surface area contributed by atoms with Crippen LogP contribution >= 0.6 is 0 Å². The zero-order valence-corrected chi connectivity index (χ0v) is 11.9. The molecule has 0 bridgehead atoms. The van der Waals surface area contributed by atoms with Crippen LogP contribution in [0, 0.1) is 0 Å². The van der Waals surface area contributed by atoms with E-state index in [-0.39, 0.29) is 12.8 Å². The molecule has 2 saturated heterocycles. The van der Waals surface area contributed by atoms with Gasteiger partial charge in [0.1, 0.15) is 24.4 Å². The smallest absolute Gasteiger partial charge is 0.180 e. The maximum Gasteiger partial charge on any atom is 0.180 e. The van der Waals surface area contributed by atoms with Crippen LogP contribution in [-0.4, -0.2) is 88.0 Å². The fraction of sp³-hybridized carbons (Fsp3) is 1.00. The zero-order valence-electron chi connectivity index (χ0n) is 11.9. The summed E-state index contributed by atoms with van der Waals surface area (Å²) in [6.07, 6.45) is -8.04. The molecule has 0 aliphatic carbocycles. The number of hydrogen-bond donors (Lipinski definition) is 6. The molecule has 2 rings (SSSR count). The second-order valence-electron chi connectivity index (χ2n) is 5.41. The van der Waals surface area contributed by atoms with E-state index in [1.165, 1.54) is 0 Å². The molecule has 8 atom stereocenters. The lowest BCUT2D eigenvalue weighted by molar-refractivity contribution is -0.321. The molecular formula is C12H23NO9. The molecule has 22 heavy (non-hydrogen) atoms. The standard InChI is InChI=1S/C12H23NO9/c13-22-10-2-6(17)12(8(4-15)20-10)21-9-1-5(16)11(18)7(3-14)19-9/h5-12,14-18H,1-4,13H2/t5?,6?,7?,8?,9-,10-,11?,12+/m1/s1. The van der Waals surface area contributed by atoms with Gasteiger partial charge in [0.15, 0.2) is 12.6 Å². The first kappa shape index (κ1) is 17.9. The molecule has 0 aromatic rings. The van der Waals surface area contributed by atoms with Crippen LogP contribution in [0.3, 0.4) is 0 Å². The summed E-state index contributed by atoms with van der Waals surface area (Å²) in [4.78, 5) is 4.51. The Hall–Kier alpha value is -0.400. The molecule has 0 amide bonds. The third-order valence-corrected chi connectivity index (χ3v) is 3.86. The van der Waals surface area contributed by atoms with Crippen LogP contribution in [0.4, 0.5) is 0 Å². The molecule has 2 aliphatic heterocycles. The predicted molar refractivity (Wildman–Crippen MR) is 68.9 cm³/mol. The van der Waals surface area contributed by atoms with E-state index >= 15 is 0 Å². The molecular weight excluding hydrogens is 302 g/mol. The molecule has 130 valence electrons. The Bertz CT molecular complexity index is 347. The molecule has 7 N–H and O–H groups in total. The molecule has 2 fully saturated rings. The molecule has 0 saturated carbocycles. The predicted octanol–water partition coefficient (Wildman–Crippen LogP) is -3.44. The Morgan fingerprint density at radius 2 is 1.50 bits per heavy atom. The number of nitrogens with two attached hydrogens (primary N) is 1. The van der Waals surface area contributed by atoms with Crippen molar-refractivity contribution >= 4 is 0 Å². The summed E-state index contributed by atoms with van der Waals surface area (Å²) >= 11 is 0. The lowest BCUT2D eigenvalue weighted by atomic mass is 10.00. The number of ether oxygens (including phenoxy) is 3. The van der Waals surface area contributed by atoms with Gasteiger partial charge in [-0.15, -0.1) is 0 Å². The van der Waals surface area contributed by atoms with E-state index in [9.17, 15) is 20.4 Å². The highest BCUT2D eigenvalue weighted by Crippen LogP contribution is 2.28. The Morgan fingerprint density at radius 3 is 2.09 bits per heavy atom. The van der Waals surface area contributed by atoms with Crippen LogP contribution in [0.15, 0.2) is 0 Å². The van der Waals surface area contributed by atoms with Crippen LogP contribution in [-0.2, 0) is 19.0 Å². The van der Waals surface area contributed by atoms with Crippen molar-refractivity contribution in [2.24, 2.45) is 5.90 Å². The minimum absolute atomic E-state index is 0.0407. The maximum atomic E-state index is 10.1. The van der Waals surface area contributed by atoms with Crippen molar-refractivity contribution in [3.8, 4) is 0 Å².